The van der Waals surface area contributed by atoms with Crippen molar-refractivity contribution in [1.29, 1.82) is 0 Å². The maximum atomic E-state index is 13.7. The second-order valence-electron chi connectivity index (χ2n) is 9.42. The molecule has 180 valence electrons. The average molecular weight is 482 g/mol. The van der Waals surface area contributed by atoms with Crippen molar-refractivity contribution in [2.24, 2.45) is 0 Å². The van der Waals surface area contributed by atoms with Gasteiger partial charge in [-0.05, 0) is 52.7 Å². The Morgan fingerprint density at radius 3 is 2.47 bits per heavy atom. The van der Waals surface area contributed by atoms with E-state index in [2.05, 4.69) is 38.9 Å². The third-order valence-electron chi connectivity index (χ3n) is 6.69. The van der Waals surface area contributed by atoms with Crippen LogP contribution in [0.2, 0.25) is 0 Å². The van der Waals surface area contributed by atoms with Gasteiger partial charge in [0.25, 0.3) is 11.8 Å². The molecule has 2 fully saturated rings. The summed E-state index contributed by atoms with van der Waals surface area (Å²) >= 11 is 1.73. The van der Waals surface area contributed by atoms with Crippen LogP contribution in [0.3, 0.4) is 0 Å². The van der Waals surface area contributed by atoms with Crippen LogP contribution in [0.25, 0.3) is 22.3 Å². The van der Waals surface area contributed by atoms with Gasteiger partial charge in [0.2, 0.25) is 0 Å². The Morgan fingerprint density at radius 2 is 1.85 bits per heavy atom. The van der Waals surface area contributed by atoms with Crippen LogP contribution in [0.5, 0.6) is 0 Å². The smallest absolute Gasteiger partial charge is 0.254 e. The molecule has 8 nitrogen and oxygen atoms in total. The van der Waals surface area contributed by atoms with Crippen molar-refractivity contribution in [2.45, 2.75) is 52.7 Å². The number of piperazine rings is 1. The zero-order chi connectivity index (χ0) is 24.0. The maximum absolute atomic E-state index is 13.7. The van der Waals surface area contributed by atoms with Crippen molar-refractivity contribution in [3.63, 3.8) is 0 Å². The summed E-state index contributed by atoms with van der Waals surface area (Å²) in [5.74, 6) is 0.0190. The summed E-state index contributed by atoms with van der Waals surface area (Å²) < 4.78 is 7.44. The highest BCUT2D eigenvalue weighted by molar-refractivity contribution is 7.12. The highest BCUT2D eigenvalue weighted by atomic mass is 32.1. The maximum Gasteiger partial charge on any atom is 0.254 e. The zero-order valence-corrected chi connectivity index (χ0v) is 21.0. The molecule has 1 unspecified atom stereocenters. The molecule has 2 aliphatic heterocycles. The van der Waals surface area contributed by atoms with E-state index in [4.69, 9.17) is 9.72 Å². The minimum atomic E-state index is -0.316. The van der Waals surface area contributed by atoms with Gasteiger partial charge < -0.3 is 14.5 Å². The molecule has 2 saturated heterocycles. The molecule has 0 aliphatic carbocycles. The first-order chi connectivity index (χ1) is 16.3. The van der Waals surface area contributed by atoms with E-state index in [0.29, 0.717) is 38.3 Å². The van der Waals surface area contributed by atoms with E-state index in [0.717, 1.165) is 35.1 Å². The third-order valence-corrected chi connectivity index (χ3v) is 7.65. The number of fused-ring (bicyclic) bond motifs is 1. The van der Waals surface area contributed by atoms with Crippen LogP contribution in [0, 0.1) is 13.8 Å². The van der Waals surface area contributed by atoms with Gasteiger partial charge in [-0.25, -0.2) is 9.67 Å². The monoisotopic (exact) mass is 481 g/mol. The fourth-order valence-electron chi connectivity index (χ4n) is 4.87. The van der Waals surface area contributed by atoms with Gasteiger partial charge >= 0.3 is 0 Å². The van der Waals surface area contributed by atoms with Crippen LogP contribution in [0.15, 0.2) is 18.3 Å². The fraction of sp³-hybridized carbons (Fsp3) is 0.520. The van der Waals surface area contributed by atoms with Gasteiger partial charge in [-0.1, -0.05) is 0 Å². The fourth-order valence-corrected chi connectivity index (χ4v) is 5.81. The Morgan fingerprint density at radius 1 is 1.12 bits per heavy atom. The van der Waals surface area contributed by atoms with E-state index in [1.807, 2.05) is 20.5 Å². The molecular weight excluding hydrogens is 450 g/mol. The SMILES string of the molecule is Cc1cc(-c2cc(C(=O)N3CCN(C(=O)C4CCCO4)CC3)c3cnn(C(C)C)c3n2)c(C)s1. The molecule has 34 heavy (non-hydrogen) atoms. The summed E-state index contributed by atoms with van der Waals surface area (Å²) in [5, 5.41) is 5.31. The van der Waals surface area contributed by atoms with Gasteiger partial charge in [-0.15, -0.1) is 11.3 Å². The Kier molecular flexibility index (Phi) is 6.16. The van der Waals surface area contributed by atoms with Crippen molar-refractivity contribution < 1.29 is 14.3 Å². The van der Waals surface area contributed by atoms with Gasteiger partial charge in [0.05, 0.1) is 22.8 Å². The largest absolute Gasteiger partial charge is 0.368 e. The van der Waals surface area contributed by atoms with Crippen LogP contribution < -0.4 is 0 Å². The molecule has 5 heterocycles. The van der Waals surface area contributed by atoms with Gasteiger partial charge in [-0.2, -0.15) is 5.10 Å². The van der Waals surface area contributed by atoms with Gasteiger partial charge in [0, 0.05) is 54.1 Å². The summed E-state index contributed by atoms with van der Waals surface area (Å²) in [7, 11) is 0. The van der Waals surface area contributed by atoms with Crippen molar-refractivity contribution in [3.8, 4) is 11.3 Å². The molecule has 2 aliphatic rings. The Bertz CT molecular complexity index is 1230. The number of ether oxygens (including phenoxy) is 1. The topological polar surface area (TPSA) is 80.6 Å². The molecule has 0 spiro atoms. The van der Waals surface area contributed by atoms with Crippen molar-refractivity contribution in [1.82, 2.24) is 24.6 Å². The number of hydrogen-bond donors (Lipinski definition) is 0. The normalized spacial score (nSPS) is 18.9. The molecule has 0 radical (unpaired) electrons. The molecule has 0 saturated carbocycles. The van der Waals surface area contributed by atoms with E-state index in [9.17, 15) is 9.59 Å². The van der Waals surface area contributed by atoms with Crippen LogP contribution >= 0.6 is 11.3 Å². The first kappa shape index (κ1) is 23.0. The average Bonchev–Trinajstić information content (AvgIpc) is 3.57. The van der Waals surface area contributed by atoms with E-state index >= 15 is 0 Å². The number of pyridine rings is 1. The molecule has 0 N–H and O–H groups in total. The molecule has 9 heteroatoms. The number of hydrogen-bond acceptors (Lipinski definition) is 6. The standard InChI is InChI=1S/C25H31N5O3S/c1-15(2)30-23-20(14-26-30)19(13-21(27-23)18-12-16(3)34-17(18)4)24(31)28-7-9-29(10-8-28)25(32)22-6-5-11-33-22/h12-15,22H,5-11H2,1-4H3. The predicted octanol–water partition coefficient (Wildman–Crippen LogP) is 3.82. The number of carbonyl (C=O) groups is 2. The first-order valence-corrected chi connectivity index (χ1v) is 12.8. The molecule has 3 aromatic heterocycles. The number of thiophene rings is 1. The van der Waals surface area contributed by atoms with Crippen LogP contribution in [-0.4, -0.2) is 75.3 Å². The number of rotatable bonds is 4. The molecule has 5 rings (SSSR count). The Hall–Kier alpha value is -2.78. The summed E-state index contributed by atoms with van der Waals surface area (Å²) in [5.41, 5.74) is 3.20. The Balaban J connectivity index is 1.45. The van der Waals surface area contributed by atoms with E-state index < -0.39 is 0 Å². The molecular formula is C25H31N5O3S. The van der Waals surface area contributed by atoms with Crippen LogP contribution in [-0.2, 0) is 9.53 Å². The summed E-state index contributed by atoms with van der Waals surface area (Å²) in [6, 6.07) is 4.17. The zero-order valence-electron chi connectivity index (χ0n) is 20.2. The second kappa shape index (κ2) is 9.11. The molecule has 2 amide bonds. The lowest BCUT2D eigenvalue weighted by Gasteiger charge is -2.35. The number of amides is 2. The van der Waals surface area contributed by atoms with E-state index in [-0.39, 0.29) is 24.0 Å². The number of aryl methyl sites for hydroxylation is 2. The van der Waals surface area contributed by atoms with Crippen LogP contribution in [0.1, 0.15) is 52.8 Å². The molecule has 0 bridgehead atoms. The number of carbonyl (C=O) groups excluding carboxylic acids is 2. The van der Waals surface area contributed by atoms with Crippen molar-refractivity contribution >= 4 is 34.2 Å². The minimum absolute atomic E-state index is 0.0363. The second-order valence-corrected chi connectivity index (χ2v) is 10.9. The van der Waals surface area contributed by atoms with Crippen molar-refractivity contribution in [3.05, 3.63) is 33.6 Å². The van der Waals surface area contributed by atoms with Crippen molar-refractivity contribution in [2.75, 3.05) is 32.8 Å². The molecule has 0 aromatic carbocycles. The van der Waals surface area contributed by atoms with Gasteiger partial charge in [0.1, 0.15) is 6.10 Å². The third kappa shape index (κ3) is 4.11. The Labute approximate surface area is 203 Å². The lowest BCUT2D eigenvalue weighted by atomic mass is 10.1. The lowest BCUT2D eigenvalue weighted by molar-refractivity contribution is -0.142. The highest BCUT2D eigenvalue weighted by Crippen LogP contribution is 2.33. The molecule has 1 atom stereocenters. The quantitative estimate of drug-likeness (QED) is 0.566. The summed E-state index contributed by atoms with van der Waals surface area (Å²) in [6.07, 6.45) is 3.16. The van der Waals surface area contributed by atoms with E-state index in [1.165, 1.54) is 9.75 Å². The first-order valence-electron chi connectivity index (χ1n) is 12.0. The van der Waals surface area contributed by atoms with E-state index in [1.54, 1.807) is 17.5 Å². The summed E-state index contributed by atoms with van der Waals surface area (Å²) in [6.45, 7) is 11.0. The molecule has 3 aromatic rings. The highest BCUT2D eigenvalue weighted by Gasteiger charge is 2.32. The van der Waals surface area contributed by atoms with Crippen LogP contribution in [0.4, 0.5) is 0 Å². The minimum Gasteiger partial charge on any atom is -0.368 e. The predicted molar refractivity (Wildman–Crippen MR) is 132 cm³/mol. The number of nitrogens with zero attached hydrogens (tertiary/aromatic N) is 5. The van der Waals surface area contributed by atoms with Gasteiger partial charge in [0.15, 0.2) is 5.65 Å². The number of aromatic nitrogens is 3. The lowest BCUT2D eigenvalue weighted by Crippen LogP contribution is -2.52. The van der Waals surface area contributed by atoms with Gasteiger partial charge in [-0.3, -0.25) is 9.59 Å². The summed E-state index contributed by atoms with van der Waals surface area (Å²) in [4.78, 5) is 37.4.